The molecule has 0 aromatic heterocycles. The molecular weight excluding hydrogens is 360 g/mol. The van der Waals surface area contributed by atoms with Gasteiger partial charge in [0.1, 0.15) is 5.69 Å². The Morgan fingerprint density at radius 1 is 1.25 bits per heavy atom. The lowest BCUT2D eigenvalue weighted by molar-refractivity contribution is -0.384. The standard InChI is InChI=1S/C20H28N4O4/c1-21-9-3-4-17(15-21)22-10-12-23(13-11-22)18-7-5-16(6-8-20(25)28-2)14-19(18)24(26)27/h5-8,14,17H,3-4,9-13,15H2,1-2H3/b8-6+. The predicted octanol–water partition coefficient (Wildman–Crippen LogP) is 2.00. The van der Waals surface area contributed by atoms with Crippen molar-refractivity contribution in [2.45, 2.75) is 18.9 Å². The maximum Gasteiger partial charge on any atom is 0.330 e. The van der Waals surface area contributed by atoms with Crippen LogP contribution in [0, 0.1) is 10.1 Å². The Labute approximate surface area is 165 Å². The molecule has 8 nitrogen and oxygen atoms in total. The molecule has 2 aliphatic rings. The second-order valence-electron chi connectivity index (χ2n) is 7.44. The monoisotopic (exact) mass is 388 g/mol. The number of nitro groups is 1. The summed E-state index contributed by atoms with van der Waals surface area (Å²) in [7, 11) is 3.46. The molecule has 152 valence electrons. The van der Waals surface area contributed by atoms with Gasteiger partial charge in [-0.05, 0) is 44.1 Å². The number of esters is 1. The number of nitrogens with zero attached hydrogens (tertiary/aromatic N) is 4. The molecule has 0 radical (unpaired) electrons. The first-order valence-electron chi connectivity index (χ1n) is 9.70. The molecule has 1 aromatic rings. The molecule has 0 amide bonds. The molecule has 0 bridgehead atoms. The van der Waals surface area contributed by atoms with Gasteiger partial charge in [0.05, 0.1) is 12.0 Å². The zero-order chi connectivity index (χ0) is 20.1. The summed E-state index contributed by atoms with van der Waals surface area (Å²) in [4.78, 5) is 29.5. The average Bonchev–Trinajstić information content (AvgIpc) is 2.72. The van der Waals surface area contributed by atoms with Crippen molar-refractivity contribution in [2.24, 2.45) is 0 Å². The summed E-state index contributed by atoms with van der Waals surface area (Å²) >= 11 is 0. The SMILES string of the molecule is COC(=O)/C=C/c1ccc(N2CCN(C3CCCN(C)C3)CC2)c([N+](=O)[O-])c1. The summed E-state index contributed by atoms with van der Waals surface area (Å²) < 4.78 is 4.56. The minimum Gasteiger partial charge on any atom is -0.466 e. The third kappa shape index (κ3) is 4.88. The van der Waals surface area contributed by atoms with Crippen molar-refractivity contribution in [2.75, 3.05) is 58.3 Å². The lowest BCUT2D eigenvalue weighted by atomic mass is 10.0. The first-order valence-corrected chi connectivity index (χ1v) is 9.70. The predicted molar refractivity (Wildman–Crippen MR) is 108 cm³/mol. The lowest BCUT2D eigenvalue weighted by Crippen LogP contribution is -2.54. The van der Waals surface area contributed by atoms with Crippen LogP contribution in [0.4, 0.5) is 11.4 Å². The lowest BCUT2D eigenvalue weighted by Gasteiger charge is -2.43. The van der Waals surface area contributed by atoms with Gasteiger partial charge in [0.25, 0.3) is 5.69 Å². The number of anilines is 1. The fourth-order valence-electron chi connectivity index (χ4n) is 4.06. The molecule has 28 heavy (non-hydrogen) atoms. The van der Waals surface area contributed by atoms with Gasteiger partial charge in [-0.2, -0.15) is 0 Å². The molecule has 1 aromatic carbocycles. The number of piperidine rings is 1. The van der Waals surface area contributed by atoms with E-state index in [0.717, 1.165) is 32.7 Å². The van der Waals surface area contributed by atoms with Crippen LogP contribution in [0.1, 0.15) is 18.4 Å². The summed E-state index contributed by atoms with van der Waals surface area (Å²) in [5, 5.41) is 11.6. The first kappa shape index (κ1) is 20.3. The van der Waals surface area contributed by atoms with E-state index in [9.17, 15) is 14.9 Å². The van der Waals surface area contributed by atoms with Gasteiger partial charge in [-0.15, -0.1) is 0 Å². The molecule has 0 spiro atoms. The minimum absolute atomic E-state index is 0.0675. The molecule has 1 unspecified atom stereocenters. The van der Waals surface area contributed by atoms with E-state index in [4.69, 9.17) is 0 Å². The van der Waals surface area contributed by atoms with E-state index < -0.39 is 5.97 Å². The van der Waals surface area contributed by atoms with Crippen LogP contribution in [-0.2, 0) is 9.53 Å². The van der Waals surface area contributed by atoms with Gasteiger partial charge in [-0.25, -0.2) is 4.79 Å². The molecule has 0 N–H and O–H groups in total. The van der Waals surface area contributed by atoms with E-state index in [1.807, 2.05) is 0 Å². The van der Waals surface area contributed by atoms with Crippen LogP contribution >= 0.6 is 0 Å². The summed E-state index contributed by atoms with van der Waals surface area (Å²) in [5.74, 6) is -0.490. The normalized spacial score (nSPS) is 21.8. The van der Waals surface area contributed by atoms with E-state index in [0.29, 0.717) is 17.3 Å². The number of benzene rings is 1. The molecule has 0 saturated carbocycles. The number of likely N-dealkylation sites (N-methyl/N-ethyl adjacent to an activating group) is 1. The number of piperazine rings is 1. The van der Waals surface area contributed by atoms with Gasteiger partial charge in [-0.3, -0.25) is 15.0 Å². The van der Waals surface area contributed by atoms with Crippen LogP contribution in [0.15, 0.2) is 24.3 Å². The second-order valence-corrected chi connectivity index (χ2v) is 7.44. The highest BCUT2D eigenvalue weighted by Gasteiger charge is 2.29. The van der Waals surface area contributed by atoms with Crippen molar-refractivity contribution in [3.63, 3.8) is 0 Å². The van der Waals surface area contributed by atoms with E-state index in [1.165, 1.54) is 44.7 Å². The maximum atomic E-state index is 11.6. The smallest absolute Gasteiger partial charge is 0.330 e. The Hall–Kier alpha value is -2.45. The number of likely N-dealkylation sites (tertiary alicyclic amines) is 1. The number of carbonyl (C=O) groups excluding carboxylic acids is 1. The van der Waals surface area contributed by atoms with Crippen LogP contribution in [-0.4, -0.2) is 80.2 Å². The Kier molecular flexibility index (Phi) is 6.64. The molecule has 0 aliphatic carbocycles. The van der Waals surface area contributed by atoms with Gasteiger partial charge in [0, 0.05) is 50.9 Å². The van der Waals surface area contributed by atoms with E-state index in [-0.39, 0.29) is 10.6 Å². The highest BCUT2D eigenvalue weighted by molar-refractivity contribution is 5.87. The third-order valence-corrected chi connectivity index (χ3v) is 5.58. The number of ether oxygens (including phenoxy) is 1. The topological polar surface area (TPSA) is 79.2 Å². The highest BCUT2D eigenvalue weighted by Crippen LogP contribution is 2.31. The van der Waals surface area contributed by atoms with Crippen LogP contribution in [0.5, 0.6) is 0 Å². The van der Waals surface area contributed by atoms with Crippen LogP contribution in [0.3, 0.4) is 0 Å². The van der Waals surface area contributed by atoms with Crippen molar-refractivity contribution in [3.05, 3.63) is 40.0 Å². The van der Waals surface area contributed by atoms with E-state index in [2.05, 4.69) is 26.5 Å². The largest absolute Gasteiger partial charge is 0.466 e. The Morgan fingerprint density at radius 2 is 2.00 bits per heavy atom. The first-order chi connectivity index (χ1) is 13.5. The molecular formula is C20H28N4O4. The fraction of sp³-hybridized carbons (Fsp3) is 0.550. The maximum absolute atomic E-state index is 11.6. The van der Waals surface area contributed by atoms with Crippen LogP contribution < -0.4 is 4.90 Å². The van der Waals surface area contributed by atoms with Crippen molar-refractivity contribution in [1.29, 1.82) is 0 Å². The number of carbonyl (C=O) groups is 1. The summed E-state index contributed by atoms with van der Waals surface area (Å²) in [6.45, 7) is 5.65. The highest BCUT2D eigenvalue weighted by atomic mass is 16.6. The Bertz CT molecular complexity index is 744. The van der Waals surface area contributed by atoms with Crippen molar-refractivity contribution >= 4 is 23.4 Å². The number of hydrogen-bond donors (Lipinski definition) is 0. The van der Waals surface area contributed by atoms with Gasteiger partial charge in [0.2, 0.25) is 0 Å². The van der Waals surface area contributed by atoms with E-state index in [1.54, 1.807) is 12.1 Å². The van der Waals surface area contributed by atoms with Gasteiger partial charge >= 0.3 is 5.97 Å². The molecule has 1 atom stereocenters. The Morgan fingerprint density at radius 3 is 2.64 bits per heavy atom. The molecule has 2 fully saturated rings. The van der Waals surface area contributed by atoms with Crippen molar-refractivity contribution in [3.8, 4) is 0 Å². The minimum atomic E-state index is -0.490. The second kappa shape index (κ2) is 9.16. The van der Waals surface area contributed by atoms with Gasteiger partial charge in [-0.1, -0.05) is 6.07 Å². The molecule has 2 aliphatic heterocycles. The van der Waals surface area contributed by atoms with Gasteiger partial charge < -0.3 is 14.5 Å². The van der Waals surface area contributed by atoms with Gasteiger partial charge in [0.15, 0.2) is 0 Å². The zero-order valence-corrected chi connectivity index (χ0v) is 16.5. The summed E-state index contributed by atoms with van der Waals surface area (Å²) in [6.07, 6.45) is 5.25. The number of nitro benzene ring substituents is 1. The fourth-order valence-corrected chi connectivity index (χ4v) is 4.06. The molecule has 2 saturated heterocycles. The number of hydrogen-bond acceptors (Lipinski definition) is 7. The van der Waals surface area contributed by atoms with Crippen LogP contribution in [0.2, 0.25) is 0 Å². The molecule has 3 rings (SSSR count). The molecule has 2 heterocycles. The van der Waals surface area contributed by atoms with Crippen molar-refractivity contribution in [1.82, 2.24) is 9.80 Å². The van der Waals surface area contributed by atoms with Crippen molar-refractivity contribution < 1.29 is 14.5 Å². The number of methoxy groups -OCH3 is 1. The zero-order valence-electron chi connectivity index (χ0n) is 16.5. The average molecular weight is 388 g/mol. The van der Waals surface area contributed by atoms with E-state index >= 15 is 0 Å². The van der Waals surface area contributed by atoms with Crippen LogP contribution in [0.25, 0.3) is 6.08 Å². The Balaban J connectivity index is 1.69. The molecule has 8 heteroatoms. The quantitative estimate of drug-likeness (QED) is 0.330. The summed E-state index contributed by atoms with van der Waals surface area (Å²) in [6, 6.07) is 5.67. The third-order valence-electron chi connectivity index (χ3n) is 5.58. The summed E-state index contributed by atoms with van der Waals surface area (Å²) in [5.41, 5.74) is 1.31. The number of rotatable bonds is 5.